The smallest absolute Gasteiger partial charge is 0.163 e. The normalized spacial score (nSPS) is 23.7. The minimum Gasteiger partial charge on any atom is -0.393 e. The Morgan fingerprint density at radius 3 is 2.92 bits per heavy atom. The van der Waals surface area contributed by atoms with E-state index in [1.54, 1.807) is 0 Å². The Balaban J connectivity index is 1.67. The number of hydrogen-bond acceptors (Lipinski definition) is 5. The van der Waals surface area contributed by atoms with Crippen LogP contribution in [0.2, 0.25) is 5.02 Å². The van der Waals surface area contributed by atoms with Crippen molar-refractivity contribution in [2.75, 3.05) is 5.32 Å². The molecule has 3 atom stereocenters. The molecule has 0 aliphatic heterocycles. The lowest BCUT2D eigenvalue weighted by molar-refractivity contribution is 0.141. The summed E-state index contributed by atoms with van der Waals surface area (Å²) in [5.41, 5.74) is 2.27. The van der Waals surface area contributed by atoms with Gasteiger partial charge in [-0.15, -0.1) is 0 Å². The topological polar surface area (TPSA) is 86.7 Å². The molecule has 3 N–H and O–H groups in total. The zero-order valence-corrected chi connectivity index (χ0v) is 14.0. The predicted octanol–water partition coefficient (Wildman–Crippen LogP) is 3.24. The van der Waals surface area contributed by atoms with Crippen molar-refractivity contribution in [1.29, 1.82) is 0 Å². The van der Waals surface area contributed by atoms with E-state index >= 15 is 0 Å². The number of rotatable bonds is 3. The molecular formula is C17H18ClN5O. The van der Waals surface area contributed by atoms with Gasteiger partial charge in [0.2, 0.25) is 0 Å². The molecule has 24 heavy (non-hydrogen) atoms. The number of aromatic amines is 1. The number of nitrogens with one attached hydrogen (secondary N) is 2. The molecule has 0 unspecified atom stereocenters. The molecule has 1 fully saturated rings. The minimum atomic E-state index is -0.263. The summed E-state index contributed by atoms with van der Waals surface area (Å²) in [7, 11) is 0. The highest BCUT2D eigenvalue weighted by molar-refractivity contribution is 6.30. The van der Waals surface area contributed by atoms with Gasteiger partial charge in [-0.2, -0.15) is 0 Å². The van der Waals surface area contributed by atoms with E-state index in [9.17, 15) is 5.11 Å². The molecule has 124 valence electrons. The van der Waals surface area contributed by atoms with Gasteiger partial charge in [-0.3, -0.25) is 0 Å². The summed E-state index contributed by atoms with van der Waals surface area (Å²) in [4.78, 5) is 16.4. The van der Waals surface area contributed by atoms with E-state index in [-0.39, 0.29) is 12.1 Å². The molecule has 3 aromatic rings. The Hall–Kier alpha value is -2.18. The molecule has 0 saturated heterocycles. The van der Waals surface area contributed by atoms with Gasteiger partial charge in [0.1, 0.15) is 12.2 Å². The lowest BCUT2D eigenvalue weighted by atomic mass is 10.1. The quantitative estimate of drug-likeness (QED) is 0.679. The lowest BCUT2D eigenvalue weighted by Crippen LogP contribution is -2.17. The summed E-state index contributed by atoms with van der Waals surface area (Å²) in [6.07, 6.45) is 2.89. The lowest BCUT2D eigenvalue weighted by Gasteiger charge is -2.12. The Kier molecular flexibility index (Phi) is 3.86. The van der Waals surface area contributed by atoms with Crippen molar-refractivity contribution in [1.82, 2.24) is 19.9 Å². The number of aliphatic hydroxyl groups excluding tert-OH is 1. The first kappa shape index (κ1) is 15.4. The number of hydrogen-bond donors (Lipinski definition) is 3. The number of imidazole rings is 1. The number of nitrogens with zero attached hydrogens (tertiary/aromatic N) is 3. The molecule has 7 heteroatoms. The van der Waals surface area contributed by atoms with Gasteiger partial charge < -0.3 is 15.4 Å². The fourth-order valence-corrected chi connectivity index (χ4v) is 3.43. The van der Waals surface area contributed by atoms with Crippen LogP contribution in [0.4, 0.5) is 5.82 Å². The average molecular weight is 344 g/mol. The van der Waals surface area contributed by atoms with Gasteiger partial charge in [-0.25, -0.2) is 15.0 Å². The molecule has 2 heterocycles. The zero-order chi connectivity index (χ0) is 16.7. The number of fused-ring (bicyclic) bond motifs is 1. The SMILES string of the molecule is C[C@H]1C[C@@H](Nc2ncnc3[nH]c(-c4cccc(Cl)c4)nc23)C[C@H]1O. The molecule has 4 rings (SSSR count). The summed E-state index contributed by atoms with van der Waals surface area (Å²) < 4.78 is 0. The van der Waals surface area contributed by atoms with E-state index < -0.39 is 0 Å². The van der Waals surface area contributed by atoms with Gasteiger partial charge in [0.05, 0.1) is 6.10 Å². The summed E-state index contributed by atoms with van der Waals surface area (Å²) in [6, 6.07) is 7.71. The third kappa shape index (κ3) is 2.83. The first-order valence-electron chi connectivity index (χ1n) is 8.01. The van der Waals surface area contributed by atoms with Crippen molar-refractivity contribution >= 4 is 28.6 Å². The van der Waals surface area contributed by atoms with Crippen LogP contribution in [0.5, 0.6) is 0 Å². The molecule has 1 aliphatic carbocycles. The predicted molar refractivity (Wildman–Crippen MR) is 93.9 cm³/mol. The third-order valence-electron chi connectivity index (χ3n) is 4.56. The molecule has 0 spiro atoms. The monoisotopic (exact) mass is 343 g/mol. The first-order chi connectivity index (χ1) is 11.6. The van der Waals surface area contributed by atoms with Crippen LogP contribution in [0.15, 0.2) is 30.6 Å². The van der Waals surface area contributed by atoms with Crippen LogP contribution in [-0.2, 0) is 0 Å². The minimum absolute atomic E-state index is 0.194. The molecular weight excluding hydrogens is 326 g/mol. The molecule has 0 amide bonds. The maximum atomic E-state index is 9.93. The number of H-pyrrole nitrogens is 1. The maximum Gasteiger partial charge on any atom is 0.163 e. The van der Waals surface area contributed by atoms with Gasteiger partial charge >= 0.3 is 0 Å². The Labute approximate surface area is 144 Å². The molecule has 6 nitrogen and oxygen atoms in total. The number of benzene rings is 1. The number of aromatic nitrogens is 4. The second kappa shape index (κ2) is 6.03. The number of anilines is 1. The number of aliphatic hydroxyl groups is 1. The van der Waals surface area contributed by atoms with E-state index in [0.717, 1.165) is 18.4 Å². The number of halogens is 1. The van der Waals surface area contributed by atoms with Crippen molar-refractivity contribution < 1.29 is 5.11 Å². The van der Waals surface area contributed by atoms with Crippen molar-refractivity contribution in [3.8, 4) is 11.4 Å². The van der Waals surface area contributed by atoms with Crippen molar-refractivity contribution in [2.24, 2.45) is 5.92 Å². The van der Waals surface area contributed by atoms with E-state index in [1.807, 2.05) is 24.3 Å². The molecule has 2 aromatic heterocycles. The van der Waals surface area contributed by atoms with Crippen LogP contribution in [0.1, 0.15) is 19.8 Å². The van der Waals surface area contributed by atoms with Crippen LogP contribution < -0.4 is 5.32 Å². The second-order valence-electron chi connectivity index (χ2n) is 6.37. The summed E-state index contributed by atoms with van der Waals surface area (Å²) in [5, 5.41) is 14.0. The van der Waals surface area contributed by atoms with Crippen LogP contribution in [0, 0.1) is 5.92 Å². The van der Waals surface area contributed by atoms with Crippen LogP contribution in [-0.4, -0.2) is 37.2 Å². The van der Waals surface area contributed by atoms with Gasteiger partial charge in [0.25, 0.3) is 0 Å². The summed E-state index contributed by atoms with van der Waals surface area (Å²) in [5.74, 6) is 1.69. The molecule has 1 aromatic carbocycles. The molecule has 0 radical (unpaired) electrons. The highest BCUT2D eigenvalue weighted by Gasteiger charge is 2.30. The van der Waals surface area contributed by atoms with Crippen molar-refractivity contribution in [3.05, 3.63) is 35.6 Å². The zero-order valence-electron chi connectivity index (χ0n) is 13.2. The first-order valence-corrected chi connectivity index (χ1v) is 8.39. The Bertz CT molecular complexity index is 870. The Morgan fingerprint density at radius 1 is 1.29 bits per heavy atom. The fourth-order valence-electron chi connectivity index (χ4n) is 3.24. The summed E-state index contributed by atoms with van der Waals surface area (Å²) in [6.45, 7) is 2.06. The van der Waals surface area contributed by atoms with Crippen molar-refractivity contribution in [2.45, 2.75) is 31.9 Å². The second-order valence-corrected chi connectivity index (χ2v) is 6.81. The molecule has 1 saturated carbocycles. The highest BCUT2D eigenvalue weighted by atomic mass is 35.5. The van der Waals surface area contributed by atoms with E-state index in [2.05, 4.69) is 32.2 Å². The van der Waals surface area contributed by atoms with Gasteiger partial charge in [0.15, 0.2) is 17.0 Å². The van der Waals surface area contributed by atoms with Gasteiger partial charge in [-0.1, -0.05) is 30.7 Å². The van der Waals surface area contributed by atoms with Crippen LogP contribution >= 0.6 is 11.6 Å². The van der Waals surface area contributed by atoms with Crippen LogP contribution in [0.3, 0.4) is 0 Å². The largest absolute Gasteiger partial charge is 0.393 e. The Morgan fingerprint density at radius 2 is 2.17 bits per heavy atom. The van der Waals surface area contributed by atoms with E-state index in [1.165, 1.54) is 6.33 Å². The van der Waals surface area contributed by atoms with Gasteiger partial charge in [0, 0.05) is 16.6 Å². The van der Waals surface area contributed by atoms with E-state index in [0.29, 0.717) is 33.7 Å². The maximum absolute atomic E-state index is 9.93. The third-order valence-corrected chi connectivity index (χ3v) is 4.80. The summed E-state index contributed by atoms with van der Waals surface area (Å²) >= 11 is 6.06. The average Bonchev–Trinajstić information content (AvgIpc) is 3.12. The molecule has 0 bridgehead atoms. The molecule has 1 aliphatic rings. The van der Waals surface area contributed by atoms with Gasteiger partial charge in [-0.05, 0) is 30.9 Å². The van der Waals surface area contributed by atoms with Crippen LogP contribution in [0.25, 0.3) is 22.6 Å². The van der Waals surface area contributed by atoms with Crippen molar-refractivity contribution in [3.63, 3.8) is 0 Å². The fraction of sp³-hybridized carbons (Fsp3) is 0.353. The van der Waals surface area contributed by atoms with E-state index in [4.69, 9.17) is 11.6 Å². The standard InChI is InChI=1S/C17H18ClN5O/c1-9-5-12(7-13(9)24)21-16-14-17(20-8-19-16)23-15(22-14)10-3-2-4-11(18)6-10/h2-4,6,8-9,12-13,24H,5,7H2,1H3,(H2,19,20,21,22,23)/t9-,12+,13+/m0/s1. The highest BCUT2D eigenvalue weighted by Crippen LogP contribution is 2.30.